The fraction of sp³-hybridized carbons (Fsp3) is 0.381. The fourth-order valence-electron chi connectivity index (χ4n) is 3.52. The Kier molecular flexibility index (Phi) is 4.90. The molecule has 1 aromatic carbocycles. The predicted octanol–water partition coefficient (Wildman–Crippen LogP) is 3.53. The van der Waals surface area contributed by atoms with Crippen molar-refractivity contribution in [3.05, 3.63) is 47.5 Å². The number of piperidine rings is 1. The number of amides is 1. The van der Waals surface area contributed by atoms with Crippen LogP contribution in [0.1, 0.15) is 34.8 Å². The van der Waals surface area contributed by atoms with Crippen molar-refractivity contribution >= 4 is 16.9 Å². The van der Waals surface area contributed by atoms with Gasteiger partial charge in [0.05, 0.1) is 13.7 Å². The molecular weight excluding hydrogens is 358 g/mol. The number of carbonyl (C=O) groups is 1. The van der Waals surface area contributed by atoms with Crippen molar-refractivity contribution < 1.29 is 18.7 Å². The maximum atomic E-state index is 12.9. The molecule has 1 atom stereocenters. The normalized spacial score (nSPS) is 17.0. The van der Waals surface area contributed by atoms with Gasteiger partial charge in [-0.2, -0.15) is 0 Å². The van der Waals surface area contributed by atoms with Crippen LogP contribution in [-0.2, 0) is 0 Å². The Bertz CT molecular complexity index is 994. The first kappa shape index (κ1) is 18.3. The standard InChI is InChI=1S/C21H23N3O4/c1-13-9-14(2)23-21(22-13)27-17-5-4-8-24(12-17)20(25)19-11-15-10-16(26-3)6-7-18(15)28-19/h6-7,9-11,17H,4-5,8,12H2,1-3H3. The van der Waals surface area contributed by atoms with Gasteiger partial charge in [-0.3, -0.25) is 4.79 Å². The number of furan rings is 1. The molecule has 7 nitrogen and oxygen atoms in total. The van der Waals surface area contributed by atoms with E-state index in [-0.39, 0.29) is 12.0 Å². The predicted molar refractivity (Wildman–Crippen MR) is 104 cm³/mol. The van der Waals surface area contributed by atoms with E-state index < -0.39 is 0 Å². The minimum absolute atomic E-state index is 0.134. The molecule has 0 bridgehead atoms. The molecule has 4 rings (SSSR count). The lowest BCUT2D eigenvalue weighted by Crippen LogP contribution is -2.44. The second kappa shape index (κ2) is 7.50. The maximum Gasteiger partial charge on any atom is 0.317 e. The summed E-state index contributed by atoms with van der Waals surface area (Å²) in [5.41, 5.74) is 2.39. The summed E-state index contributed by atoms with van der Waals surface area (Å²) in [6, 6.07) is 9.51. The summed E-state index contributed by atoms with van der Waals surface area (Å²) in [4.78, 5) is 23.4. The van der Waals surface area contributed by atoms with Crippen molar-refractivity contribution in [1.29, 1.82) is 0 Å². The summed E-state index contributed by atoms with van der Waals surface area (Å²) in [6.07, 6.45) is 1.58. The van der Waals surface area contributed by atoms with Crippen LogP contribution in [0.15, 0.2) is 34.7 Å². The third kappa shape index (κ3) is 3.78. The molecule has 2 aromatic heterocycles. The third-order valence-corrected chi connectivity index (χ3v) is 4.83. The minimum atomic E-state index is -0.136. The molecule has 1 unspecified atom stereocenters. The molecule has 0 spiro atoms. The number of hydrogen-bond donors (Lipinski definition) is 0. The molecule has 1 fully saturated rings. The van der Waals surface area contributed by atoms with Crippen molar-refractivity contribution in [3.8, 4) is 11.8 Å². The number of rotatable bonds is 4. The number of nitrogens with zero attached hydrogens (tertiary/aromatic N) is 3. The lowest BCUT2D eigenvalue weighted by atomic mass is 10.1. The molecule has 28 heavy (non-hydrogen) atoms. The number of benzene rings is 1. The Balaban J connectivity index is 1.48. The molecule has 3 heterocycles. The molecule has 3 aromatic rings. The molecule has 0 aliphatic carbocycles. The monoisotopic (exact) mass is 381 g/mol. The number of ether oxygens (including phenoxy) is 2. The zero-order chi connectivity index (χ0) is 19.7. The number of methoxy groups -OCH3 is 1. The van der Waals surface area contributed by atoms with Gasteiger partial charge in [-0.25, -0.2) is 9.97 Å². The highest BCUT2D eigenvalue weighted by Crippen LogP contribution is 2.26. The van der Waals surface area contributed by atoms with E-state index in [0.717, 1.165) is 35.4 Å². The summed E-state index contributed by atoms with van der Waals surface area (Å²) in [6.45, 7) is 4.98. The van der Waals surface area contributed by atoms with Crippen LogP contribution in [0.5, 0.6) is 11.8 Å². The smallest absolute Gasteiger partial charge is 0.317 e. The minimum Gasteiger partial charge on any atom is -0.497 e. The van der Waals surface area contributed by atoms with E-state index in [1.165, 1.54) is 0 Å². The lowest BCUT2D eigenvalue weighted by molar-refractivity contribution is 0.0490. The molecule has 146 valence electrons. The van der Waals surface area contributed by atoms with Crippen molar-refractivity contribution in [2.45, 2.75) is 32.8 Å². The van der Waals surface area contributed by atoms with E-state index in [9.17, 15) is 4.79 Å². The lowest BCUT2D eigenvalue weighted by Gasteiger charge is -2.31. The van der Waals surface area contributed by atoms with Gasteiger partial charge in [-0.1, -0.05) is 0 Å². The number of fused-ring (bicyclic) bond motifs is 1. The van der Waals surface area contributed by atoms with E-state index in [1.807, 2.05) is 38.1 Å². The summed E-state index contributed by atoms with van der Waals surface area (Å²) < 4.78 is 16.9. The summed E-state index contributed by atoms with van der Waals surface area (Å²) in [5.74, 6) is 0.920. The van der Waals surface area contributed by atoms with Crippen LogP contribution in [0, 0.1) is 13.8 Å². The van der Waals surface area contributed by atoms with E-state index in [0.29, 0.717) is 30.4 Å². The van der Waals surface area contributed by atoms with Crippen LogP contribution in [0.4, 0.5) is 0 Å². The number of carbonyl (C=O) groups excluding carboxylic acids is 1. The Morgan fingerprint density at radius 2 is 1.96 bits per heavy atom. The van der Waals surface area contributed by atoms with Gasteiger partial charge in [0.15, 0.2) is 5.76 Å². The molecule has 0 N–H and O–H groups in total. The molecule has 1 aliphatic heterocycles. The maximum absolute atomic E-state index is 12.9. The van der Waals surface area contributed by atoms with Crippen LogP contribution in [-0.4, -0.2) is 47.1 Å². The van der Waals surface area contributed by atoms with Crippen LogP contribution < -0.4 is 9.47 Å². The van der Waals surface area contributed by atoms with Gasteiger partial charge in [0, 0.05) is 23.3 Å². The van der Waals surface area contributed by atoms with E-state index in [4.69, 9.17) is 13.9 Å². The van der Waals surface area contributed by atoms with Gasteiger partial charge in [0.1, 0.15) is 17.4 Å². The van der Waals surface area contributed by atoms with E-state index in [1.54, 1.807) is 18.1 Å². The van der Waals surface area contributed by atoms with E-state index >= 15 is 0 Å². The number of likely N-dealkylation sites (tertiary alicyclic amines) is 1. The first-order valence-corrected chi connectivity index (χ1v) is 9.37. The highest BCUT2D eigenvalue weighted by atomic mass is 16.5. The first-order chi connectivity index (χ1) is 13.5. The topological polar surface area (TPSA) is 77.7 Å². The van der Waals surface area contributed by atoms with Gasteiger partial charge in [0.25, 0.3) is 5.91 Å². The quantitative estimate of drug-likeness (QED) is 0.688. The molecule has 1 amide bonds. The molecule has 0 saturated carbocycles. The highest BCUT2D eigenvalue weighted by molar-refractivity contribution is 5.96. The second-order valence-electron chi connectivity index (χ2n) is 7.08. The first-order valence-electron chi connectivity index (χ1n) is 9.37. The summed E-state index contributed by atoms with van der Waals surface area (Å²) >= 11 is 0. The Hall–Kier alpha value is -3.09. The average Bonchev–Trinajstić information content (AvgIpc) is 3.10. The van der Waals surface area contributed by atoms with Crippen LogP contribution in [0.3, 0.4) is 0 Å². The average molecular weight is 381 g/mol. The van der Waals surface area contributed by atoms with Crippen LogP contribution >= 0.6 is 0 Å². The van der Waals surface area contributed by atoms with Crippen LogP contribution in [0.25, 0.3) is 11.0 Å². The fourth-order valence-corrected chi connectivity index (χ4v) is 3.52. The Labute approximate surface area is 163 Å². The van der Waals surface area contributed by atoms with Crippen LogP contribution in [0.2, 0.25) is 0 Å². The number of aromatic nitrogens is 2. The number of aryl methyl sites for hydroxylation is 2. The number of hydrogen-bond acceptors (Lipinski definition) is 6. The summed E-state index contributed by atoms with van der Waals surface area (Å²) in [5, 5.41) is 0.844. The van der Waals surface area contributed by atoms with E-state index in [2.05, 4.69) is 9.97 Å². The van der Waals surface area contributed by atoms with Gasteiger partial charge in [-0.05, 0) is 57.0 Å². The van der Waals surface area contributed by atoms with Crippen molar-refractivity contribution in [2.24, 2.45) is 0 Å². The largest absolute Gasteiger partial charge is 0.497 e. The van der Waals surface area contributed by atoms with Gasteiger partial charge in [-0.15, -0.1) is 0 Å². The molecule has 0 radical (unpaired) electrons. The van der Waals surface area contributed by atoms with Gasteiger partial charge >= 0.3 is 6.01 Å². The highest BCUT2D eigenvalue weighted by Gasteiger charge is 2.28. The van der Waals surface area contributed by atoms with Crippen molar-refractivity contribution in [3.63, 3.8) is 0 Å². The molecule has 1 aliphatic rings. The molecular formula is C21H23N3O4. The van der Waals surface area contributed by atoms with Gasteiger partial charge < -0.3 is 18.8 Å². The molecule has 1 saturated heterocycles. The molecule has 7 heteroatoms. The zero-order valence-electron chi connectivity index (χ0n) is 16.3. The van der Waals surface area contributed by atoms with Crippen molar-refractivity contribution in [2.75, 3.05) is 20.2 Å². The van der Waals surface area contributed by atoms with Gasteiger partial charge in [0.2, 0.25) is 0 Å². The Morgan fingerprint density at radius 3 is 2.71 bits per heavy atom. The summed E-state index contributed by atoms with van der Waals surface area (Å²) in [7, 11) is 1.61. The zero-order valence-corrected chi connectivity index (χ0v) is 16.3. The van der Waals surface area contributed by atoms with Crippen molar-refractivity contribution in [1.82, 2.24) is 14.9 Å². The Morgan fingerprint density at radius 1 is 1.18 bits per heavy atom. The second-order valence-corrected chi connectivity index (χ2v) is 7.08. The third-order valence-electron chi connectivity index (χ3n) is 4.83. The SMILES string of the molecule is COc1ccc2oc(C(=O)N3CCCC(Oc4nc(C)cc(C)n4)C3)cc2c1.